The molecule has 0 aliphatic rings. The van der Waals surface area contributed by atoms with E-state index in [1.54, 1.807) is 11.3 Å². The Morgan fingerprint density at radius 1 is 1.53 bits per heavy atom. The summed E-state index contributed by atoms with van der Waals surface area (Å²) >= 11 is 5.14. The molecule has 0 bridgehead atoms. The van der Waals surface area contributed by atoms with Gasteiger partial charge in [0.25, 0.3) is 0 Å². The number of hydrogen-bond donors (Lipinski definition) is 1. The second-order valence-corrected chi connectivity index (χ2v) is 4.94. The zero-order valence-corrected chi connectivity index (χ0v) is 10.7. The van der Waals surface area contributed by atoms with E-state index in [9.17, 15) is 0 Å². The molecule has 2 rings (SSSR count). The van der Waals surface area contributed by atoms with Gasteiger partial charge in [-0.3, -0.25) is 0 Å². The second kappa shape index (κ2) is 4.77. The lowest BCUT2D eigenvalue weighted by Gasteiger charge is -2.05. The van der Waals surface area contributed by atoms with Crippen molar-refractivity contribution >= 4 is 33.1 Å². The van der Waals surface area contributed by atoms with Gasteiger partial charge in [-0.2, -0.15) is 11.3 Å². The number of hydrogen-bond acceptors (Lipinski definition) is 3. The number of nitrogens with zero attached hydrogens (tertiary/aromatic N) is 1. The van der Waals surface area contributed by atoms with Crippen LogP contribution in [0.25, 0.3) is 0 Å². The molecule has 0 unspecified atom stereocenters. The van der Waals surface area contributed by atoms with Crippen LogP contribution in [-0.4, -0.2) is 4.98 Å². The van der Waals surface area contributed by atoms with Gasteiger partial charge >= 0.3 is 0 Å². The summed E-state index contributed by atoms with van der Waals surface area (Å²) in [6.45, 7) is 2.89. The highest BCUT2D eigenvalue weighted by Crippen LogP contribution is 2.17. The molecule has 0 spiro atoms. The Morgan fingerprint density at radius 3 is 3.07 bits per heavy atom. The highest BCUT2D eigenvalue weighted by Gasteiger charge is 1.98. The number of thiophene rings is 1. The monoisotopic (exact) mass is 282 g/mol. The van der Waals surface area contributed by atoms with Crippen molar-refractivity contribution in [2.24, 2.45) is 0 Å². The Labute approximate surface area is 101 Å². The van der Waals surface area contributed by atoms with E-state index < -0.39 is 0 Å². The summed E-state index contributed by atoms with van der Waals surface area (Å²) in [5.74, 6) is 0.918. The quantitative estimate of drug-likeness (QED) is 0.926. The van der Waals surface area contributed by atoms with Crippen molar-refractivity contribution in [3.05, 3.63) is 44.7 Å². The van der Waals surface area contributed by atoms with Crippen LogP contribution < -0.4 is 5.32 Å². The van der Waals surface area contributed by atoms with Gasteiger partial charge in [-0.15, -0.1) is 0 Å². The molecule has 0 saturated carbocycles. The number of aryl methyl sites for hydroxylation is 1. The van der Waals surface area contributed by atoms with E-state index in [4.69, 9.17) is 0 Å². The lowest BCUT2D eigenvalue weighted by molar-refractivity contribution is 1.11. The van der Waals surface area contributed by atoms with Crippen LogP contribution in [-0.2, 0) is 6.54 Å². The molecule has 2 heterocycles. The Kier molecular flexibility index (Phi) is 3.38. The third kappa shape index (κ3) is 2.79. The predicted molar refractivity (Wildman–Crippen MR) is 68.3 cm³/mol. The molecule has 4 heteroatoms. The summed E-state index contributed by atoms with van der Waals surface area (Å²) in [5, 5.41) is 7.51. The zero-order valence-electron chi connectivity index (χ0n) is 8.33. The van der Waals surface area contributed by atoms with Gasteiger partial charge in [0.15, 0.2) is 0 Å². The maximum Gasteiger partial charge on any atom is 0.126 e. The lowest BCUT2D eigenvalue weighted by Crippen LogP contribution is -2.00. The summed E-state index contributed by atoms with van der Waals surface area (Å²) in [4.78, 5) is 4.28. The molecule has 0 amide bonds. The summed E-state index contributed by atoms with van der Waals surface area (Å²) in [5.41, 5.74) is 2.49. The van der Waals surface area contributed by atoms with Crippen molar-refractivity contribution in [1.29, 1.82) is 0 Å². The smallest absolute Gasteiger partial charge is 0.126 e. The maximum absolute atomic E-state index is 4.28. The molecule has 15 heavy (non-hydrogen) atoms. The van der Waals surface area contributed by atoms with Gasteiger partial charge < -0.3 is 5.32 Å². The standard InChI is InChI=1S/C11H11BrN2S/c1-8-4-11(14-6-10(8)12)13-5-9-2-3-15-7-9/h2-4,6-7H,5H2,1H3,(H,13,14). The van der Waals surface area contributed by atoms with Gasteiger partial charge in [-0.25, -0.2) is 4.98 Å². The first kappa shape index (κ1) is 10.6. The van der Waals surface area contributed by atoms with Crippen molar-refractivity contribution < 1.29 is 0 Å². The number of anilines is 1. The van der Waals surface area contributed by atoms with E-state index in [1.807, 2.05) is 12.3 Å². The molecule has 2 aromatic rings. The molecule has 78 valence electrons. The molecule has 0 saturated heterocycles. The van der Waals surface area contributed by atoms with Crippen LogP contribution in [0.2, 0.25) is 0 Å². The Hall–Kier alpha value is -0.870. The van der Waals surface area contributed by atoms with Crippen LogP contribution in [0.4, 0.5) is 5.82 Å². The predicted octanol–water partition coefficient (Wildman–Crippen LogP) is 3.83. The molecule has 0 aromatic carbocycles. The van der Waals surface area contributed by atoms with E-state index in [-0.39, 0.29) is 0 Å². The summed E-state index contributed by atoms with van der Waals surface area (Å²) in [6.07, 6.45) is 1.82. The normalized spacial score (nSPS) is 10.3. The average molecular weight is 283 g/mol. The lowest BCUT2D eigenvalue weighted by atomic mass is 10.3. The van der Waals surface area contributed by atoms with E-state index in [0.29, 0.717) is 0 Å². The third-order valence-corrected chi connectivity index (χ3v) is 3.66. The van der Waals surface area contributed by atoms with E-state index in [2.05, 4.69) is 50.0 Å². The molecule has 0 aliphatic carbocycles. The minimum Gasteiger partial charge on any atom is -0.366 e. The fourth-order valence-electron chi connectivity index (χ4n) is 1.22. The van der Waals surface area contributed by atoms with Crippen LogP contribution in [0.15, 0.2) is 33.6 Å². The Morgan fingerprint density at radius 2 is 2.40 bits per heavy atom. The van der Waals surface area contributed by atoms with E-state index in [1.165, 1.54) is 11.1 Å². The van der Waals surface area contributed by atoms with Crippen LogP contribution in [0.3, 0.4) is 0 Å². The van der Waals surface area contributed by atoms with Crippen molar-refractivity contribution in [2.45, 2.75) is 13.5 Å². The highest BCUT2D eigenvalue weighted by molar-refractivity contribution is 9.10. The molecule has 0 atom stereocenters. The molecule has 0 radical (unpaired) electrons. The number of pyridine rings is 1. The number of nitrogens with one attached hydrogen (secondary N) is 1. The second-order valence-electron chi connectivity index (χ2n) is 3.30. The zero-order chi connectivity index (χ0) is 10.7. The SMILES string of the molecule is Cc1cc(NCc2ccsc2)ncc1Br. The summed E-state index contributed by atoms with van der Waals surface area (Å²) in [7, 11) is 0. The average Bonchev–Trinajstić information content (AvgIpc) is 2.73. The molecule has 1 N–H and O–H groups in total. The topological polar surface area (TPSA) is 24.9 Å². The Bertz CT molecular complexity index is 440. The number of rotatable bonds is 3. The van der Waals surface area contributed by atoms with Crippen LogP contribution in [0, 0.1) is 6.92 Å². The van der Waals surface area contributed by atoms with Gasteiger partial charge in [0.05, 0.1) is 0 Å². The summed E-state index contributed by atoms with van der Waals surface area (Å²) in [6, 6.07) is 4.15. The molecular weight excluding hydrogens is 272 g/mol. The van der Waals surface area contributed by atoms with Crippen molar-refractivity contribution in [2.75, 3.05) is 5.32 Å². The van der Waals surface area contributed by atoms with E-state index >= 15 is 0 Å². The van der Waals surface area contributed by atoms with E-state index in [0.717, 1.165) is 16.8 Å². The largest absolute Gasteiger partial charge is 0.366 e. The first-order valence-corrected chi connectivity index (χ1v) is 6.36. The minimum atomic E-state index is 0.831. The maximum atomic E-state index is 4.28. The van der Waals surface area contributed by atoms with Crippen LogP contribution in [0.1, 0.15) is 11.1 Å². The first-order chi connectivity index (χ1) is 7.25. The fraction of sp³-hybridized carbons (Fsp3) is 0.182. The van der Waals surface area contributed by atoms with Gasteiger partial charge in [0.2, 0.25) is 0 Å². The first-order valence-electron chi connectivity index (χ1n) is 4.63. The van der Waals surface area contributed by atoms with Crippen molar-refractivity contribution in [1.82, 2.24) is 4.98 Å². The van der Waals surface area contributed by atoms with Gasteiger partial charge in [0.1, 0.15) is 5.82 Å². The van der Waals surface area contributed by atoms with Crippen molar-refractivity contribution in [3.8, 4) is 0 Å². The number of aromatic nitrogens is 1. The molecule has 0 aliphatic heterocycles. The third-order valence-electron chi connectivity index (χ3n) is 2.10. The highest BCUT2D eigenvalue weighted by atomic mass is 79.9. The molecular formula is C11H11BrN2S. The fourth-order valence-corrected chi connectivity index (χ4v) is 2.11. The Balaban J connectivity index is 2.02. The van der Waals surface area contributed by atoms with Crippen LogP contribution >= 0.6 is 27.3 Å². The number of halogens is 1. The van der Waals surface area contributed by atoms with Crippen LogP contribution in [0.5, 0.6) is 0 Å². The van der Waals surface area contributed by atoms with Gasteiger partial charge in [0, 0.05) is 17.2 Å². The van der Waals surface area contributed by atoms with Gasteiger partial charge in [-0.1, -0.05) is 0 Å². The summed E-state index contributed by atoms with van der Waals surface area (Å²) < 4.78 is 1.04. The van der Waals surface area contributed by atoms with Gasteiger partial charge in [-0.05, 0) is 56.9 Å². The molecule has 2 aromatic heterocycles. The molecule has 0 fully saturated rings. The van der Waals surface area contributed by atoms with Crippen molar-refractivity contribution in [3.63, 3.8) is 0 Å². The molecule has 2 nitrogen and oxygen atoms in total. The minimum absolute atomic E-state index is 0.831.